The summed E-state index contributed by atoms with van der Waals surface area (Å²) >= 11 is 0. The van der Waals surface area contributed by atoms with E-state index in [1.165, 1.54) is 0 Å². The molecule has 0 bridgehead atoms. The summed E-state index contributed by atoms with van der Waals surface area (Å²) in [5.41, 5.74) is 4.65. The number of nitrogens with two attached hydrogens (primary N) is 1. The van der Waals surface area contributed by atoms with E-state index in [0.717, 1.165) is 12.8 Å². The molecule has 1 saturated carbocycles. The summed E-state index contributed by atoms with van der Waals surface area (Å²) in [6.07, 6.45) is 1.63. The minimum absolute atomic E-state index is 0.0300. The predicted octanol–water partition coefficient (Wildman–Crippen LogP) is 1.51. The van der Waals surface area contributed by atoms with Crippen LogP contribution in [-0.2, 0) is 10.0 Å². The maximum Gasteiger partial charge on any atom is 0.244 e. The zero-order valence-corrected chi connectivity index (χ0v) is 11.6. The molecule has 20 heavy (non-hydrogen) atoms. The van der Waals surface area contributed by atoms with Crippen LogP contribution in [0.5, 0.6) is 0 Å². The monoisotopic (exact) mass is 308 g/mol. The molecular formula is C12H15F3N2O2S. The second-order valence-electron chi connectivity index (χ2n) is 5.17. The minimum atomic E-state index is -4.32. The van der Waals surface area contributed by atoms with E-state index in [-0.39, 0.29) is 12.5 Å². The number of hydrogen-bond acceptors (Lipinski definition) is 3. The van der Waals surface area contributed by atoms with E-state index in [2.05, 4.69) is 4.72 Å². The summed E-state index contributed by atoms with van der Waals surface area (Å²) in [5.74, 6) is -4.91. The lowest BCUT2D eigenvalue weighted by atomic mass is 9.98. The number of halogens is 3. The summed E-state index contributed by atoms with van der Waals surface area (Å²) in [6, 6.07) is 1.27. The molecule has 0 aliphatic heterocycles. The second kappa shape index (κ2) is 5.01. The number of nitrogens with one attached hydrogen (secondary N) is 1. The molecule has 0 heterocycles. The van der Waals surface area contributed by atoms with Crippen molar-refractivity contribution >= 4 is 10.0 Å². The molecule has 112 valence electrons. The van der Waals surface area contributed by atoms with Gasteiger partial charge in [0, 0.05) is 12.1 Å². The van der Waals surface area contributed by atoms with Gasteiger partial charge in [0.15, 0.2) is 17.5 Å². The maximum atomic E-state index is 13.6. The van der Waals surface area contributed by atoms with Gasteiger partial charge in [-0.05, 0) is 37.8 Å². The standard InChI is InChI=1S/C12H15F3N2O2S/c1-12(6-16,7-2-3-7)17-20(18,19)9-5-4-8(13)10(14)11(9)15/h4-5,7,17H,2-3,6,16H2,1H3. The first-order chi connectivity index (χ1) is 9.21. The molecule has 1 aromatic rings. The highest BCUT2D eigenvalue weighted by atomic mass is 32.2. The van der Waals surface area contributed by atoms with E-state index in [9.17, 15) is 21.6 Å². The highest BCUT2D eigenvalue weighted by Crippen LogP contribution is 2.39. The van der Waals surface area contributed by atoms with E-state index in [4.69, 9.17) is 5.73 Å². The van der Waals surface area contributed by atoms with Gasteiger partial charge in [-0.2, -0.15) is 0 Å². The first-order valence-electron chi connectivity index (χ1n) is 6.09. The summed E-state index contributed by atoms with van der Waals surface area (Å²) < 4.78 is 66.1. The first-order valence-corrected chi connectivity index (χ1v) is 7.57. The number of benzene rings is 1. The van der Waals surface area contributed by atoms with Crippen molar-refractivity contribution in [1.82, 2.24) is 4.72 Å². The molecule has 1 unspecified atom stereocenters. The van der Waals surface area contributed by atoms with Crippen molar-refractivity contribution in [2.24, 2.45) is 11.7 Å². The number of hydrogen-bond donors (Lipinski definition) is 2. The molecule has 1 aliphatic carbocycles. The van der Waals surface area contributed by atoms with Gasteiger partial charge in [-0.1, -0.05) is 0 Å². The van der Waals surface area contributed by atoms with Gasteiger partial charge in [-0.3, -0.25) is 0 Å². The van der Waals surface area contributed by atoms with Gasteiger partial charge in [0.2, 0.25) is 10.0 Å². The Hall–Kier alpha value is -1.12. The molecule has 4 nitrogen and oxygen atoms in total. The Balaban J connectivity index is 2.38. The summed E-state index contributed by atoms with van der Waals surface area (Å²) in [7, 11) is -4.32. The molecular weight excluding hydrogens is 293 g/mol. The van der Waals surface area contributed by atoms with E-state index in [0.29, 0.717) is 12.1 Å². The van der Waals surface area contributed by atoms with Gasteiger partial charge >= 0.3 is 0 Å². The Morgan fingerprint density at radius 3 is 2.40 bits per heavy atom. The van der Waals surface area contributed by atoms with Crippen LogP contribution in [0.4, 0.5) is 13.2 Å². The molecule has 1 atom stereocenters. The normalized spacial score (nSPS) is 18.9. The van der Waals surface area contributed by atoms with Crippen molar-refractivity contribution in [3.63, 3.8) is 0 Å². The first kappa shape index (κ1) is 15.3. The highest BCUT2D eigenvalue weighted by Gasteiger charge is 2.44. The zero-order chi connectivity index (χ0) is 15.1. The molecule has 1 aromatic carbocycles. The van der Waals surface area contributed by atoms with Crippen LogP contribution in [0.3, 0.4) is 0 Å². The summed E-state index contributed by atoms with van der Waals surface area (Å²) in [5, 5.41) is 0. The van der Waals surface area contributed by atoms with Gasteiger partial charge < -0.3 is 5.73 Å². The van der Waals surface area contributed by atoms with Crippen LogP contribution in [0.1, 0.15) is 19.8 Å². The van der Waals surface area contributed by atoms with Crippen LogP contribution in [0.25, 0.3) is 0 Å². The fraction of sp³-hybridized carbons (Fsp3) is 0.500. The van der Waals surface area contributed by atoms with Gasteiger partial charge in [0.1, 0.15) is 4.90 Å². The largest absolute Gasteiger partial charge is 0.329 e. The van der Waals surface area contributed by atoms with Crippen molar-refractivity contribution in [2.45, 2.75) is 30.2 Å². The van der Waals surface area contributed by atoms with E-state index < -0.39 is 37.9 Å². The molecule has 3 N–H and O–H groups in total. The quantitative estimate of drug-likeness (QED) is 0.810. The molecule has 8 heteroatoms. The van der Waals surface area contributed by atoms with Crippen molar-refractivity contribution in [2.75, 3.05) is 6.54 Å². The topological polar surface area (TPSA) is 72.2 Å². The van der Waals surface area contributed by atoms with Crippen LogP contribution in [-0.4, -0.2) is 20.5 Å². The third kappa shape index (κ3) is 2.68. The van der Waals surface area contributed by atoms with Crippen molar-refractivity contribution in [3.8, 4) is 0 Å². The lowest BCUT2D eigenvalue weighted by Gasteiger charge is -2.29. The molecule has 0 spiro atoms. The molecule has 0 aromatic heterocycles. The molecule has 1 fully saturated rings. The molecule has 2 rings (SSSR count). The van der Waals surface area contributed by atoms with E-state index in [1.807, 2.05) is 0 Å². The third-order valence-corrected chi connectivity index (χ3v) is 5.19. The number of rotatable bonds is 5. The zero-order valence-electron chi connectivity index (χ0n) is 10.8. The van der Waals surface area contributed by atoms with Crippen LogP contribution in [0.2, 0.25) is 0 Å². The van der Waals surface area contributed by atoms with Crippen LogP contribution in [0.15, 0.2) is 17.0 Å². The maximum absolute atomic E-state index is 13.6. The van der Waals surface area contributed by atoms with Gasteiger partial charge in [-0.25, -0.2) is 26.3 Å². The van der Waals surface area contributed by atoms with Gasteiger partial charge in [0.05, 0.1) is 0 Å². The van der Waals surface area contributed by atoms with Crippen LogP contribution < -0.4 is 10.5 Å². The Bertz CT molecular complexity index is 632. The van der Waals surface area contributed by atoms with Crippen molar-refractivity contribution in [3.05, 3.63) is 29.6 Å². The average Bonchev–Trinajstić information content (AvgIpc) is 3.19. The Morgan fingerprint density at radius 2 is 1.90 bits per heavy atom. The van der Waals surface area contributed by atoms with Crippen LogP contribution in [0, 0.1) is 23.4 Å². The van der Waals surface area contributed by atoms with Crippen molar-refractivity contribution in [1.29, 1.82) is 0 Å². The lowest BCUT2D eigenvalue weighted by molar-refractivity contribution is 0.371. The highest BCUT2D eigenvalue weighted by molar-refractivity contribution is 7.89. The molecule has 0 saturated heterocycles. The molecule has 1 aliphatic rings. The number of sulfonamides is 1. The fourth-order valence-corrected chi connectivity index (χ4v) is 3.64. The predicted molar refractivity (Wildman–Crippen MR) is 66.8 cm³/mol. The fourth-order valence-electron chi connectivity index (χ4n) is 2.09. The Labute approximate surface area is 115 Å². The van der Waals surface area contributed by atoms with Crippen LogP contribution >= 0.6 is 0 Å². The van der Waals surface area contributed by atoms with Gasteiger partial charge in [-0.15, -0.1) is 0 Å². The Morgan fingerprint density at radius 1 is 1.30 bits per heavy atom. The van der Waals surface area contributed by atoms with E-state index in [1.54, 1.807) is 6.92 Å². The van der Waals surface area contributed by atoms with Gasteiger partial charge in [0.25, 0.3) is 0 Å². The summed E-state index contributed by atoms with van der Waals surface area (Å²) in [6.45, 7) is 1.64. The minimum Gasteiger partial charge on any atom is -0.329 e. The second-order valence-corrected chi connectivity index (χ2v) is 6.83. The molecule has 0 amide bonds. The smallest absolute Gasteiger partial charge is 0.244 e. The summed E-state index contributed by atoms with van der Waals surface area (Å²) in [4.78, 5) is -0.920. The Kier molecular flexibility index (Phi) is 3.83. The SMILES string of the molecule is CC(CN)(NS(=O)(=O)c1ccc(F)c(F)c1F)C1CC1. The van der Waals surface area contributed by atoms with Crippen molar-refractivity contribution < 1.29 is 21.6 Å². The molecule has 0 radical (unpaired) electrons. The average molecular weight is 308 g/mol. The van der Waals surface area contributed by atoms with E-state index >= 15 is 0 Å². The third-order valence-electron chi connectivity index (χ3n) is 3.56. The lowest BCUT2D eigenvalue weighted by Crippen LogP contribution is -2.53.